The third-order valence-corrected chi connectivity index (χ3v) is 6.51. The molecule has 4 rings (SSSR count). The number of nitrogens with zero attached hydrogens (tertiary/aromatic N) is 3. The van der Waals surface area contributed by atoms with Crippen molar-refractivity contribution in [2.75, 3.05) is 38.1 Å². The highest BCUT2D eigenvalue weighted by atomic mass is 32.1. The lowest BCUT2D eigenvalue weighted by molar-refractivity contribution is -0.123. The van der Waals surface area contributed by atoms with Crippen LogP contribution in [0.5, 0.6) is 0 Å². The summed E-state index contributed by atoms with van der Waals surface area (Å²) in [5, 5.41) is 4.02. The fourth-order valence-corrected chi connectivity index (χ4v) is 5.00. The topological polar surface area (TPSA) is 43.9 Å². The lowest BCUT2D eigenvalue weighted by atomic mass is 9.92. The summed E-state index contributed by atoms with van der Waals surface area (Å²) in [5.74, 6) is 0.215. The predicted octanol–water partition coefficient (Wildman–Crippen LogP) is 2.93. The molecular weight excluding hydrogens is 358 g/mol. The average Bonchev–Trinajstić information content (AvgIpc) is 3.28. The van der Waals surface area contributed by atoms with E-state index in [4.69, 9.17) is 0 Å². The number of likely N-dealkylation sites (N-methyl/N-ethyl adjacent to an activating group) is 1. The Morgan fingerprint density at radius 3 is 2.56 bits per heavy atom. The van der Waals surface area contributed by atoms with Crippen LogP contribution >= 0.6 is 11.3 Å². The summed E-state index contributed by atoms with van der Waals surface area (Å²) in [4.78, 5) is 31.6. The van der Waals surface area contributed by atoms with E-state index in [0.29, 0.717) is 19.6 Å². The molecule has 2 aromatic rings. The maximum absolute atomic E-state index is 13.1. The Hall–Kier alpha value is -2.18. The van der Waals surface area contributed by atoms with Crippen LogP contribution in [0.1, 0.15) is 27.9 Å². The van der Waals surface area contributed by atoms with Gasteiger partial charge in [0.2, 0.25) is 5.91 Å². The number of carbonyl (C=O) groups is 2. The Morgan fingerprint density at radius 2 is 1.89 bits per heavy atom. The van der Waals surface area contributed by atoms with E-state index in [1.807, 2.05) is 59.7 Å². The van der Waals surface area contributed by atoms with Crippen molar-refractivity contribution in [2.45, 2.75) is 25.8 Å². The van der Waals surface area contributed by atoms with Crippen molar-refractivity contribution in [3.05, 3.63) is 51.7 Å². The number of amides is 2. The predicted molar refractivity (Wildman–Crippen MR) is 108 cm³/mol. The first kappa shape index (κ1) is 18.2. The summed E-state index contributed by atoms with van der Waals surface area (Å²) in [5.41, 5.74) is 3.77. The molecule has 3 heterocycles. The largest absolute Gasteiger partial charge is 0.337 e. The molecule has 1 aromatic carbocycles. The minimum atomic E-state index is -0.176. The standard InChI is InChI=1S/C21H25N3O2S/c1-15-8-16(2)10-17(9-15)20(26)23-6-5-21(13-23)14-24(18-4-7-27-12-18)19(25)11-22(21)3/h4,7-10,12H,5-6,11,13-14H2,1-3H3. The molecule has 1 spiro atoms. The molecule has 1 unspecified atom stereocenters. The maximum Gasteiger partial charge on any atom is 0.253 e. The van der Waals surface area contributed by atoms with Crippen molar-refractivity contribution in [1.29, 1.82) is 0 Å². The van der Waals surface area contributed by atoms with E-state index in [2.05, 4.69) is 11.0 Å². The molecule has 1 atom stereocenters. The number of anilines is 1. The first-order valence-electron chi connectivity index (χ1n) is 9.29. The van der Waals surface area contributed by atoms with Gasteiger partial charge in [0.05, 0.1) is 17.8 Å². The molecular formula is C21H25N3O2S. The molecule has 6 heteroatoms. The van der Waals surface area contributed by atoms with Gasteiger partial charge in [-0.3, -0.25) is 14.5 Å². The third-order valence-electron chi connectivity index (χ3n) is 5.84. The Labute approximate surface area is 164 Å². The Bertz CT molecular complexity index is 859. The molecule has 0 N–H and O–H groups in total. The van der Waals surface area contributed by atoms with E-state index in [0.717, 1.165) is 35.3 Å². The number of aryl methyl sites for hydroxylation is 2. The summed E-state index contributed by atoms with van der Waals surface area (Å²) in [6, 6.07) is 8.01. The molecule has 2 aliphatic rings. The molecule has 1 aromatic heterocycles. The van der Waals surface area contributed by atoms with Gasteiger partial charge in [-0.15, -0.1) is 0 Å². The fraction of sp³-hybridized carbons (Fsp3) is 0.429. The van der Waals surface area contributed by atoms with Crippen molar-refractivity contribution in [1.82, 2.24) is 9.80 Å². The van der Waals surface area contributed by atoms with Gasteiger partial charge in [0, 0.05) is 30.6 Å². The molecule has 142 valence electrons. The number of carbonyl (C=O) groups excluding carboxylic acids is 2. The van der Waals surface area contributed by atoms with E-state index in [9.17, 15) is 9.59 Å². The zero-order valence-corrected chi connectivity index (χ0v) is 16.9. The van der Waals surface area contributed by atoms with Crippen LogP contribution in [0, 0.1) is 13.8 Å². The van der Waals surface area contributed by atoms with E-state index < -0.39 is 0 Å². The van der Waals surface area contributed by atoms with Crippen LogP contribution in [0.15, 0.2) is 35.0 Å². The number of benzene rings is 1. The van der Waals surface area contributed by atoms with Gasteiger partial charge in [0.25, 0.3) is 5.91 Å². The van der Waals surface area contributed by atoms with Crippen molar-refractivity contribution in [3.8, 4) is 0 Å². The molecule has 0 bridgehead atoms. The van der Waals surface area contributed by atoms with Gasteiger partial charge in [-0.25, -0.2) is 0 Å². The van der Waals surface area contributed by atoms with E-state index in [1.54, 1.807) is 11.3 Å². The number of rotatable bonds is 2. The fourth-order valence-electron chi connectivity index (χ4n) is 4.36. The summed E-state index contributed by atoms with van der Waals surface area (Å²) in [6.07, 6.45) is 0.883. The second-order valence-corrected chi connectivity index (χ2v) is 8.67. The second kappa shape index (κ2) is 6.77. The van der Waals surface area contributed by atoms with Crippen LogP contribution in [0.2, 0.25) is 0 Å². The Balaban J connectivity index is 1.56. The van der Waals surface area contributed by atoms with Crippen LogP contribution in [0.4, 0.5) is 5.69 Å². The summed E-state index contributed by atoms with van der Waals surface area (Å²) in [7, 11) is 2.01. The highest BCUT2D eigenvalue weighted by molar-refractivity contribution is 7.08. The highest BCUT2D eigenvalue weighted by Gasteiger charge is 2.48. The number of piperazine rings is 1. The van der Waals surface area contributed by atoms with Crippen molar-refractivity contribution >= 4 is 28.8 Å². The zero-order valence-electron chi connectivity index (χ0n) is 16.1. The molecule has 27 heavy (non-hydrogen) atoms. The average molecular weight is 384 g/mol. The third kappa shape index (κ3) is 3.28. The number of thiophene rings is 1. The van der Waals surface area contributed by atoms with Crippen LogP contribution < -0.4 is 4.90 Å². The normalized spacial score (nSPS) is 23.4. The minimum Gasteiger partial charge on any atom is -0.337 e. The van der Waals surface area contributed by atoms with E-state index >= 15 is 0 Å². The van der Waals surface area contributed by atoms with Gasteiger partial charge < -0.3 is 9.80 Å². The lowest BCUT2D eigenvalue weighted by Crippen LogP contribution is -2.64. The molecule has 0 radical (unpaired) electrons. The SMILES string of the molecule is Cc1cc(C)cc(C(=O)N2CCC3(C2)CN(c2ccsc2)C(=O)CN3C)c1. The lowest BCUT2D eigenvalue weighted by Gasteiger charge is -2.46. The van der Waals surface area contributed by atoms with Gasteiger partial charge in [-0.2, -0.15) is 11.3 Å². The first-order chi connectivity index (χ1) is 12.9. The van der Waals surface area contributed by atoms with Crippen LogP contribution in [-0.4, -0.2) is 60.4 Å². The quantitative estimate of drug-likeness (QED) is 0.801. The first-order valence-corrected chi connectivity index (χ1v) is 10.2. The van der Waals surface area contributed by atoms with Crippen molar-refractivity contribution in [3.63, 3.8) is 0 Å². The van der Waals surface area contributed by atoms with Gasteiger partial charge in [-0.05, 0) is 50.9 Å². The maximum atomic E-state index is 13.1. The van der Waals surface area contributed by atoms with Gasteiger partial charge in [0.1, 0.15) is 0 Å². The van der Waals surface area contributed by atoms with Crippen LogP contribution in [0.3, 0.4) is 0 Å². The zero-order chi connectivity index (χ0) is 19.2. The van der Waals surface area contributed by atoms with Crippen molar-refractivity contribution in [2.24, 2.45) is 0 Å². The monoisotopic (exact) mass is 383 g/mol. The van der Waals surface area contributed by atoms with E-state index in [-0.39, 0.29) is 17.4 Å². The molecule has 2 fully saturated rings. The van der Waals surface area contributed by atoms with Gasteiger partial charge in [-0.1, -0.05) is 17.2 Å². The second-order valence-electron chi connectivity index (χ2n) is 7.89. The summed E-state index contributed by atoms with van der Waals surface area (Å²) in [6.45, 7) is 6.45. The number of hydrogen-bond acceptors (Lipinski definition) is 4. The summed E-state index contributed by atoms with van der Waals surface area (Å²) >= 11 is 1.60. The summed E-state index contributed by atoms with van der Waals surface area (Å²) < 4.78 is 0. The van der Waals surface area contributed by atoms with Gasteiger partial charge in [0.15, 0.2) is 0 Å². The smallest absolute Gasteiger partial charge is 0.253 e. The molecule has 2 aliphatic heterocycles. The molecule has 0 aliphatic carbocycles. The number of likely N-dealkylation sites (tertiary alicyclic amines) is 1. The molecule has 0 saturated carbocycles. The molecule has 5 nitrogen and oxygen atoms in total. The minimum absolute atomic E-state index is 0.0889. The Morgan fingerprint density at radius 1 is 1.15 bits per heavy atom. The Kier molecular flexibility index (Phi) is 4.56. The number of hydrogen-bond donors (Lipinski definition) is 0. The van der Waals surface area contributed by atoms with Crippen LogP contribution in [-0.2, 0) is 4.79 Å². The molecule has 2 amide bonds. The van der Waals surface area contributed by atoms with Crippen molar-refractivity contribution < 1.29 is 9.59 Å². The van der Waals surface area contributed by atoms with Gasteiger partial charge >= 0.3 is 0 Å². The van der Waals surface area contributed by atoms with E-state index in [1.165, 1.54) is 0 Å². The highest BCUT2D eigenvalue weighted by Crippen LogP contribution is 2.34. The molecule has 2 saturated heterocycles. The van der Waals surface area contributed by atoms with Crippen LogP contribution in [0.25, 0.3) is 0 Å².